The first kappa shape index (κ1) is 15.0. The Morgan fingerprint density at radius 3 is 2.78 bits per heavy atom. The summed E-state index contributed by atoms with van der Waals surface area (Å²) in [7, 11) is 1.44. The Balaban J connectivity index is 2.07. The van der Waals surface area contributed by atoms with Crippen molar-refractivity contribution in [1.29, 1.82) is 0 Å². The van der Waals surface area contributed by atoms with Crippen LogP contribution in [0.5, 0.6) is 0 Å². The van der Waals surface area contributed by atoms with E-state index in [-0.39, 0.29) is 5.97 Å². The van der Waals surface area contributed by atoms with Crippen LogP contribution in [0.25, 0.3) is 0 Å². The first-order valence-corrected chi connectivity index (χ1v) is 6.70. The molecule has 1 heterocycles. The van der Waals surface area contributed by atoms with Gasteiger partial charge in [0.2, 0.25) is 0 Å². The third kappa shape index (κ3) is 3.98. The highest BCUT2D eigenvalue weighted by molar-refractivity contribution is 5.85. The van der Waals surface area contributed by atoms with E-state index in [1.807, 2.05) is 13.0 Å². The Bertz CT molecular complexity index is 335. The van der Waals surface area contributed by atoms with Crippen molar-refractivity contribution in [3.05, 3.63) is 24.3 Å². The fraction of sp³-hybridized carbons (Fsp3) is 0.667. The molecule has 2 unspecified atom stereocenters. The topological polar surface area (TPSA) is 48.2 Å². The van der Waals surface area contributed by atoms with Gasteiger partial charge in [-0.1, -0.05) is 37.1 Å². The Hall–Kier alpha value is -1.09. The van der Waals surface area contributed by atoms with Crippen LogP contribution in [0.3, 0.4) is 0 Å². The minimum atomic E-state index is -0.423. The maximum absolute atomic E-state index is 11.4. The highest BCUT2D eigenvalue weighted by Crippen LogP contribution is 2.31. The summed E-state index contributed by atoms with van der Waals surface area (Å²) in [4.78, 5) is 11.4. The fourth-order valence-electron chi connectivity index (χ4n) is 2.18. The molecule has 0 aromatic carbocycles. The van der Waals surface area contributed by atoms with Crippen molar-refractivity contribution in [1.82, 2.24) is 5.32 Å². The number of hydrogen-bond acceptors (Lipinski definition) is 3. The van der Waals surface area contributed by atoms with Gasteiger partial charge in [0.25, 0.3) is 0 Å². The van der Waals surface area contributed by atoms with E-state index >= 15 is 0 Å². The maximum atomic E-state index is 11.4. The van der Waals surface area contributed by atoms with Gasteiger partial charge in [0, 0.05) is 6.04 Å². The van der Waals surface area contributed by atoms with E-state index in [0.717, 1.165) is 19.3 Å². The van der Waals surface area contributed by atoms with Crippen LogP contribution in [0.4, 0.5) is 0 Å². The van der Waals surface area contributed by atoms with Gasteiger partial charge in [0.15, 0.2) is 0 Å². The van der Waals surface area contributed by atoms with Crippen LogP contribution in [0.2, 0.25) is 0 Å². The molecule has 2 atom stereocenters. The quantitative estimate of drug-likeness (QED) is 0.312. The van der Waals surface area contributed by atoms with Crippen LogP contribution >= 0.6 is 0 Å². The third-order valence-electron chi connectivity index (χ3n) is 3.68. The van der Waals surface area contributed by atoms with Crippen molar-refractivity contribution >= 4 is 5.97 Å². The van der Waals surface area contributed by atoms with Crippen LogP contribution in [-0.2, 0) is 9.53 Å². The molecule has 3 heteroatoms. The molecule has 0 radical (unpaired) electrons. The van der Waals surface area contributed by atoms with Crippen LogP contribution in [0.1, 0.15) is 46.0 Å². The van der Waals surface area contributed by atoms with Gasteiger partial charge in [0.1, 0.15) is 5.54 Å². The first-order valence-electron chi connectivity index (χ1n) is 6.70. The summed E-state index contributed by atoms with van der Waals surface area (Å²) in [5, 5.41) is 3.21. The van der Waals surface area contributed by atoms with Crippen LogP contribution in [0, 0.1) is 0 Å². The van der Waals surface area contributed by atoms with Gasteiger partial charge in [-0.05, 0) is 33.1 Å². The molecule has 1 fully saturated rings. The lowest BCUT2D eigenvalue weighted by atomic mass is 10.0. The van der Waals surface area contributed by atoms with Gasteiger partial charge in [-0.3, -0.25) is 10.1 Å². The van der Waals surface area contributed by atoms with E-state index in [9.17, 15) is 4.79 Å². The second-order valence-corrected chi connectivity index (χ2v) is 5.18. The first-order chi connectivity index (χ1) is 8.54. The SMILES string of the molecule is C=C/C(C)=C\CCCCCC1NC1(C)C(=O)OC. The molecule has 18 heavy (non-hydrogen) atoms. The number of allylic oxidation sites excluding steroid dienone is 3. The van der Waals surface area contributed by atoms with Crippen LogP contribution in [0.15, 0.2) is 24.3 Å². The zero-order valence-electron chi connectivity index (χ0n) is 11.8. The molecule has 102 valence electrons. The van der Waals surface area contributed by atoms with Crippen molar-refractivity contribution in [3.8, 4) is 0 Å². The number of unbranched alkanes of at least 4 members (excludes halogenated alkanes) is 3. The normalized spacial score (nSPS) is 26.8. The Morgan fingerprint density at radius 2 is 2.17 bits per heavy atom. The Morgan fingerprint density at radius 1 is 1.44 bits per heavy atom. The average molecular weight is 251 g/mol. The number of methoxy groups -OCH3 is 1. The Labute approximate surface area is 110 Å². The zero-order chi connectivity index (χ0) is 13.6. The molecule has 1 saturated heterocycles. The van der Waals surface area contributed by atoms with Crippen molar-refractivity contribution < 1.29 is 9.53 Å². The molecule has 0 aromatic rings. The molecule has 1 rings (SSSR count). The van der Waals surface area contributed by atoms with Gasteiger partial charge >= 0.3 is 5.97 Å². The second kappa shape index (κ2) is 6.74. The number of hydrogen-bond donors (Lipinski definition) is 1. The summed E-state index contributed by atoms with van der Waals surface area (Å²) in [5.41, 5.74) is 0.825. The average Bonchev–Trinajstić information content (AvgIpc) is 3.04. The largest absolute Gasteiger partial charge is 0.468 e. The molecule has 1 aliphatic rings. The molecular formula is C15H25NO2. The molecule has 3 nitrogen and oxygen atoms in total. The number of rotatable bonds is 8. The molecule has 0 saturated carbocycles. The summed E-state index contributed by atoms with van der Waals surface area (Å²) < 4.78 is 4.77. The number of nitrogens with one attached hydrogen (secondary N) is 1. The molecule has 0 amide bonds. The summed E-state index contributed by atoms with van der Waals surface area (Å²) in [6, 6.07) is 0.301. The minimum Gasteiger partial charge on any atom is -0.468 e. The lowest BCUT2D eigenvalue weighted by Gasteiger charge is -2.05. The van der Waals surface area contributed by atoms with E-state index in [1.54, 1.807) is 0 Å². The fourth-order valence-corrected chi connectivity index (χ4v) is 2.18. The van der Waals surface area contributed by atoms with E-state index in [4.69, 9.17) is 4.74 Å². The van der Waals surface area contributed by atoms with Crippen LogP contribution in [-0.4, -0.2) is 24.7 Å². The molecular weight excluding hydrogens is 226 g/mol. The predicted octanol–water partition coefficient (Wildman–Crippen LogP) is 2.97. The summed E-state index contributed by atoms with van der Waals surface area (Å²) >= 11 is 0. The highest BCUT2D eigenvalue weighted by atomic mass is 16.5. The molecule has 0 aliphatic carbocycles. The summed E-state index contributed by atoms with van der Waals surface area (Å²) in [5.74, 6) is -0.142. The van der Waals surface area contributed by atoms with Gasteiger partial charge < -0.3 is 4.74 Å². The smallest absolute Gasteiger partial charge is 0.327 e. The van der Waals surface area contributed by atoms with E-state index in [0.29, 0.717) is 6.04 Å². The van der Waals surface area contributed by atoms with E-state index < -0.39 is 5.54 Å². The number of carbonyl (C=O) groups excluding carboxylic acids is 1. The third-order valence-corrected chi connectivity index (χ3v) is 3.68. The minimum absolute atomic E-state index is 0.142. The molecule has 0 bridgehead atoms. The van der Waals surface area contributed by atoms with Crippen LogP contribution < -0.4 is 5.32 Å². The lowest BCUT2D eigenvalue weighted by molar-refractivity contribution is -0.143. The standard InChI is InChI=1S/C15H25NO2/c1-5-12(2)10-8-6-7-9-11-13-15(3,16-13)14(17)18-4/h5,10,13,16H,1,6-9,11H2,2-4H3/b12-10-. The van der Waals surface area contributed by atoms with Gasteiger partial charge in [-0.15, -0.1) is 0 Å². The molecule has 0 aromatic heterocycles. The summed E-state index contributed by atoms with van der Waals surface area (Å²) in [6.07, 6.45) is 9.84. The van der Waals surface area contributed by atoms with Crippen molar-refractivity contribution in [2.75, 3.05) is 7.11 Å². The molecule has 0 spiro atoms. The highest BCUT2D eigenvalue weighted by Gasteiger charge is 2.55. The van der Waals surface area contributed by atoms with E-state index in [2.05, 4.69) is 24.9 Å². The van der Waals surface area contributed by atoms with Gasteiger partial charge in [-0.2, -0.15) is 0 Å². The van der Waals surface area contributed by atoms with E-state index in [1.165, 1.54) is 25.5 Å². The molecule has 1 N–H and O–H groups in total. The predicted molar refractivity (Wildman–Crippen MR) is 74.4 cm³/mol. The monoisotopic (exact) mass is 251 g/mol. The zero-order valence-corrected chi connectivity index (χ0v) is 11.8. The molecule has 1 aliphatic heterocycles. The van der Waals surface area contributed by atoms with Crippen molar-refractivity contribution in [2.24, 2.45) is 0 Å². The number of ether oxygens (including phenoxy) is 1. The van der Waals surface area contributed by atoms with Gasteiger partial charge in [-0.25, -0.2) is 0 Å². The maximum Gasteiger partial charge on any atom is 0.327 e. The number of carbonyl (C=O) groups is 1. The van der Waals surface area contributed by atoms with Crippen molar-refractivity contribution in [3.63, 3.8) is 0 Å². The summed E-state index contributed by atoms with van der Waals surface area (Å²) in [6.45, 7) is 7.72. The number of esters is 1. The van der Waals surface area contributed by atoms with Gasteiger partial charge in [0.05, 0.1) is 7.11 Å². The second-order valence-electron chi connectivity index (χ2n) is 5.18. The Kier molecular flexibility index (Phi) is 5.60. The van der Waals surface area contributed by atoms with Crippen molar-refractivity contribution in [2.45, 2.75) is 57.5 Å². The lowest BCUT2D eigenvalue weighted by Crippen LogP contribution is -2.26.